The van der Waals surface area contributed by atoms with Gasteiger partial charge in [0.05, 0.1) is 16.7 Å². The topological polar surface area (TPSA) is 172 Å². The Hall–Kier alpha value is -4.59. The van der Waals surface area contributed by atoms with Gasteiger partial charge in [-0.25, -0.2) is 18.1 Å². The Bertz CT molecular complexity index is 1660. The number of sulfone groups is 1. The number of aromatic nitrogens is 3. The van der Waals surface area contributed by atoms with Crippen molar-refractivity contribution in [3.05, 3.63) is 77.9 Å². The third-order valence-corrected chi connectivity index (χ3v) is 9.81. The Kier molecular flexibility index (Phi) is 12.8. The summed E-state index contributed by atoms with van der Waals surface area (Å²) in [6.07, 6.45) is 0.787. The van der Waals surface area contributed by atoms with Crippen LogP contribution in [-0.4, -0.2) is 83.1 Å². The van der Waals surface area contributed by atoms with Gasteiger partial charge in [0, 0.05) is 38.9 Å². The first-order valence-electron chi connectivity index (χ1n) is 16.3. The summed E-state index contributed by atoms with van der Waals surface area (Å²) in [5.74, 6) is -1.00. The van der Waals surface area contributed by atoms with Crippen molar-refractivity contribution in [3.63, 3.8) is 0 Å². The van der Waals surface area contributed by atoms with E-state index < -0.39 is 27.8 Å². The molecule has 2 atom stereocenters. The van der Waals surface area contributed by atoms with Crippen molar-refractivity contribution in [2.75, 3.05) is 25.4 Å². The molecule has 4 amide bonds. The Balaban J connectivity index is 1.54. The van der Waals surface area contributed by atoms with E-state index in [0.29, 0.717) is 24.5 Å². The van der Waals surface area contributed by atoms with E-state index in [2.05, 4.69) is 26.0 Å². The minimum atomic E-state index is -3.66. The van der Waals surface area contributed by atoms with Gasteiger partial charge >= 0.3 is 0 Å². The molecular formula is C34H45N7O6S. The van der Waals surface area contributed by atoms with Gasteiger partial charge in [-0.1, -0.05) is 62.4 Å². The molecule has 4 rings (SSSR count). The second-order valence-electron chi connectivity index (χ2n) is 12.3. The van der Waals surface area contributed by atoms with Crippen LogP contribution >= 0.6 is 0 Å². The fourth-order valence-electron chi connectivity index (χ4n) is 5.53. The monoisotopic (exact) mass is 679 g/mol. The molecule has 3 aromatic rings. The number of carbonyl (C=O) groups is 4. The van der Waals surface area contributed by atoms with Crippen molar-refractivity contribution < 1.29 is 27.6 Å². The number of amides is 4. The molecule has 13 nitrogen and oxygen atoms in total. The highest BCUT2D eigenvalue weighted by Gasteiger charge is 2.30. The molecule has 0 bridgehead atoms. The van der Waals surface area contributed by atoms with Crippen LogP contribution in [-0.2, 0) is 42.0 Å². The summed E-state index contributed by atoms with van der Waals surface area (Å²) >= 11 is 0. The lowest BCUT2D eigenvalue weighted by Gasteiger charge is -2.26. The molecule has 0 radical (unpaired) electrons. The largest absolute Gasteiger partial charge is 0.354 e. The second kappa shape index (κ2) is 17.0. The maximum Gasteiger partial charge on any atom is 0.243 e. The van der Waals surface area contributed by atoms with E-state index >= 15 is 0 Å². The number of fused-ring (bicyclic) bond motifs is 1. The zero-order valence-electron chi connectivity index (χ0n) is 27.7. The van der Waals surface area contributed by atoms with Gasteiger partial charge in [-0.3, -0.25) is 19.2 Å². The van der Waals surface area contributed by atoms with Crippen molar-refractivity contribution in [2.45, 2.75) is 76.4 Å². The summed E-state index contributed by atoms with van der Waals surface area (Å²) in [7, 11) is -3.66. The maximum absolute atomic E-state index is 13.8. The number of benzene rings is 2. The Morgan fingerprint density at radius 3 is 2.29 bits per heavy atom. The van der Waals surface area contributed by atoms with Gasteiger partial charge in [-0.2, -0.15) is 5.10 Å². The third kappa shape index (κ3) is 10.5. The molecule has 1 aliphatic heterocycles. The zero-order chi connectivity index (χ0) is 34.7. The highest BCUT2D eigenvalue weighted by atomic mass is 32.2. The van der Waals surface area contributed by atoms with Crippen molar-refractivity contribution >= 4 is 33.5 Å². The lowest BCUT2D eigenvalue weighted by molar-refractivity contribution is -0.131. The third-order valence-electron chi connectivity index (χ3n) is 8.08. The molecule has 48 heavy (non-hydrogen) atoms. The normalized spacial score (nSPS) is 19.0. The average molecular weight is 680 g/mol. The summed E-state index contributed by atoms with van der Waals surface area (Å²) in [4.78, 5) is 59.5. The Morgan fingerprint density at radius 2 is 1.60 bits per heavy atom. The standard InChI is InChI=1S/C34H45N7O6S/c1-24(2)32-33-36-25(3)39-41(33)23-30(43)35-18-11-20-40(31(44)17-21-48(46,47)27-14-8-5-9-15-27)19-10-16-29(42)37-28(34(45)38-32)22-26-12-6-4-7-13-26/h4-9,12-15,24,28,32H,10-11,16-23H2,1-3H3,(H,35,43)(H,37,42)(H,38,45)/t28-,32+/m1/s1. The molecule has 0 spiro atoms. The van der Waals surface area contributed by atoms with E-state index in [1.807, 2.05) is 44.2 Å². The lowest BCUT2D eigenvalue weighted by atomic mass is 10.0. The number of hydrogen-bond acceptors (Lipinski definition) is 8. The number of nitrogens with one attached hydrogen (secondary N) is 3. The molecular weight excluding hydrogens is 634 g/mol. The van der Waals surface area contributed by atoms with Crippen LogP contribution < -0.4 is 16.0 Å². The quantitative estimate of drug-likeness (QED) is 0.341. The van der Waals surface area contributed by atoms with Crippen LogP contribution in [0.1, 0.15) is 62.8 Å². The van der Waals surface area contributed by atoms with E-state index in [4.69, 9.17) is 0 Å². The molecule has 3 N–H and O–H groups in total. The summed E-state index contributed by atoms with van der Waals surface area (Å²) in [5, 5.41) is 13.2. The minimum Gasteiger partial charge on any atom is -0.354 e. The molecule has 2 aromatic carbocycles. The van der Waals surface area contributed by atoms with E-state index in [1.165, 1.54) is 21.7 Å². The summed E-state index contributed by atoms with van der Waals surface area (Å²) in [6.45, 7) is 6.17. The molecule has 2 heterocycles. The molecule has 0 fully saturated rings. The number of nitrogens with zero attached hydrogens (tertiary/aromatic N) is 4. The summed E-state index contributed by atoms with van der Waals surface area (Å²) < 4.78 is 27.1. The van der Waals surface area contributed by atoms with Gasteiger partial charge in [0.15, 0.2) is 15.7 Å². The van der Waals surface area contributed by atoms with Crippen molar-refractivity contribution in [1.29, 1.82) is 0 Å². The fraction of sp³-hybridized carbons (Fsp3) is 0.471. The number of carbonyl (C=O) groups excluding carboxylic acids is 4. The molecule has 1 aromatic heterocycles. The zero-order valence-corrected chi connectivity index (χ0v) is 28.5. The van der Waals surface area contributed by atoms with Crippen LogP contribution in [0.25, 0.3) is 0 Å². The van der Waals surface area contributed by atoms with Crippen LogP contribution in [0, 0.1) is 12.8 Å². The van der Waals surface area contributed by atoms with Crippen molar-refractivity contribution in [3.8, 4) is 0 Å². The molecule has 0 aliphatic carbocycles. The fourth-order valence-corrected chi connectivity index (χ4v) is 6.78. The van der Waals surface area contributed by atoms with Crippen LogP contribution in [0.3, 0.4) is 0 Å². The van der Waals surface area contributed by atoms with E-state index in [9.17, 15) is 27.6 Å². The Labute approximate surface area is 281 Å². The van der Waals surface area contributed by atoms with E-state index in [-0.39, 0.29) is 79.7 Å². The van der Waals surface area contributed by atoms with Gasteiger partial charge in [-0.05, 0) is 43.4 Å². The summed E-state index contributed by atoms with van der Waals surface area (Å²) in [5.41, 5.74) is 0.860. The molecule has 14 heteroatoms. The highest BCUT2D eigenvalue weighted by Crippen LogP contribution is 2.21. The lowest BCUT2D eigenvalue weighted by Crippen LogP contribution is -2.50. The number of aryl methyl sites for hydroxylation is 1. The maximum atomic E-state index is 13.8. The molecule has 258 valence electrons. The minimum absolute atomic E-state index is 0.0442. The average Bonchev–Trinajstić information content (AvgIpc) is 3.42. The highest BCUT2D eigenvalue weighted by molar-refractivity contribution is 7.91. The molecule has 0 saturated carbocycles. The SMILES string of the molecule is Cc1nc2n(n1)CC(=O)NCCCN(C(=O)CCS(=O)(=O)c1ccccc1)CCCC(=O)N[C@H](Cc1ccccc1)C(=O)N[C@H]2C(C)C. The van der Waals surface area contributed by atoms with Gasteiger partial charge in [0.2, 0.25) is 23.6 Å². The van der Waals surface area contributed by atoms with Gasteiger partial charge in [0.1, 0.15) is 18.4 Å². The molecule has 1 aliphatic rings. The summed E-state index contributed by atoms with van der Waals surface area (Å²) in [6, 6.07) is 15.8. The van der Waals surface area contributed by atoms with Gasteiger partial charge in [-0.15, -0.1) is 0 Å². The number of rotatable bonds is 7. The molecule has 0 saturated heterocycles. The van der Waals surface area contributed by atoms with Gasteiger partial charge < -0.3 is 20.9 Å². The van der Waals surface area contributed by atoms with E-state index in [1.54, 1.807) is 25.1 Å². The van der Waals surface area contributed by atoms with Crippen LogP contribution in [0.2, 0.25) is 0 Å². The first kappa shape index (κ1) is 36.2. The first-order chi connectivity index (χ1) is 22.9. The van der Waals surface area contributed by atoms with E-state index in [0.717, 1.165) is 5.56 Å². The molecule has 0 unspecified atom stereocenters. The van der Waals surface area contributed by atoms with Crippen LogP contribution in [0.4, 0.5) is 0 Å². The predicted octanol–water partition coefficient (Wildman–Crippen LogP) is 2.12. The van der Waals surface area contributed by atoms with Crippen LogP contribution in [0.15, 0.2) is 65.6 Å². The first-order valence-corrected chi connectivity index (χ1v) is 18.0. The van der Waals surface area contributed by atoms with Gasteiger partial charge in [0.25, 0.3) is 0 Å². The smallest absolute Gasteiger partial charge is 0.243 e. The Morgan fingerprint density at radius 1 is 0.938 bits per heavy atom. The second-order valence-corrected chi connectivity index (χ2v) is 14.4. The van der Waals surface area contributed by atoms with Crippen molar-refractivity contribution in [2.24, 2.45) is 5.92 Å². The van der Waals surface area contributed by atoms with Crippen LogP contribution in [0.5, 0.6) is 0 Å². The number of hydrogen-bond donors (Lipinski definition) is 3. The predicted molar refractivity (Wildman–Crippen MR) is 179 cm³/mol. The van der Waals surface area contributed by atoms with Crippen molar-refractivity contribution in [1.82, 2.24) is 35.6 Å².